The number of rotatable bonds is 13. The first-order valence-corrected chi connectivity index (χ1v) is 13.5. The Labute approximate surface area is 251 Å². The van der Waals surface area contributed by atoms with Gasteiger partial charge in [-0.1, -0.05) is 18.7 Å². The van der Waals surface area contributed by atoms with Crippen LogP contribution in [0.15, 0.2) is 59.4 Å². The molecule has 0 unspecified atom stereocenters. The average Bonchev–Trinajstić information content (AvgIpc) is 2.94. The van der Waals surface area contributed by atoms with Gasteiger partial charge in [0.1, 0.15) is 6.61 Å². The van der Waals surface area contributed by atoms with Gasteiger partial charge in [0.25, 0.3) is 5.91 Å². The zero-order valence-electron chi connectivity index (χ0n) is 23.0. The molecular formula is C28H31IN4O8. The van der Waals surface area contributed by atoms with Crippen molar-refractivity contribution in [1.82, 2.24) is 16.1 Å². The molecule has 218 valence electrons. The quantitative estimate of drug-likeness (QED) is 0.0959. The van der Waals surface area contributed by atoms with Crippen molar-refractivity contribution in [3.8, 4) is 23.0 Å². The Kier molecular flexibility index (Phi) is 11.4. The maximum absolute atomic E-state index is 12.6. The first-order valence-electron chi connectivity index (χ1n) is 12.4. The van der Waals surface area contributed by atoms with Crippen molar-refractivity contribution >= 4 is 46.7 Å². The van der Waals surface area contributed by atoms with Crippen LogP contribution in [-0.4, -0.2) is 58.2 Å². The second kappa shape index (κ2) is 14.9. The number of urea groups is 1. The van der Waals surface area contributed by atoms with Gasteiger partial charge < -0.3 is 34.3 Å². The third-order valence-electron chi connectivity index (χ3n) is 5.65. The van der Waals surface area contributed by atoms with Crippen LogP contribution in [0.1, 0.15) is 31.0 Å². The first kappa shape index (κ1) is 31.3. The number of nitrogens with one attached hydrogen (secondary N) is 3. The minimum Gasteiger partial charge on any atom is -0.493 e. The Hall–Kier alpha value is -4.27. The number of allylic oxidation sites excluding steroid dienone is 1. The number of esters is 1. The molecular weight excluding hydrogens is 647 g/mol. The van der Waals surface area contributed by atoms with Gasteiger partial charge in [-0.05, 0) is 66.3 Å². The van der Waals surface area contributed by atoms with E-state index in [1.807, 2.05) is 12.1 Å². The van der Waals surface area contributed by atoms with E-state index in [2.05, 4.69) is 50.3 Å². The molecule has 41 heavy (non-hydrogen) atoms. The van der Waals surface area contributed by atoms with E-state index >= 15 is 0 Å². The van der Waals surface area contributed by atoms with Gasteiger partial charge in [0.05, 0.1) is 38.7 Å². The number of hydrazone groups is 1. The molecule has 0 aromatic heterocycles. The Morgan fingerprint density at radius 2 is 1.88 bits per heavy atom. The predicted molar refractivity (Wildman–Crippen MR) is 159 cm³/mol. The highest BCUT2D eigenvalue weighted by Crippen LogP contribution is 2.35. The molecule has 0 radical (unpaired) electrons. The van der Waals surface area contributed by atoms with Crippen LogP contribution < -0.4 is 35.0 Å². The lowest BCUT2D eigenvalue weighted by Gasteiger charge is -2.28. The highest BCUT2D eigenvalue weighted by Gasteiger charge is 2.32. The summed E-state index contributed by atoms with van der Waals surface area (Å²) in [6, 6.07) is 7.27. The van der Waals surface area contributed by atoms with Gasteiger partial charge in [0.15, 0.2) is 29.6 Å². The van der Waals surface area contributed by atoms with E-state index in [0.717, 1.165) is 3.57 Å². The number of benzene rings is 2. The van der Waals surface area contributed by atoms with Gasteiger partial charge in [-0.3, -0.25) is 4.79 Å². The second-order valence-electron chi connectivity index (χ2n) is 8.41. The normalized spacial score (nSPS) is 14.6. The molecule has 0 saturated carbocycles. The van der Waals surface area contributed by atoms with Crippen LogP contribution in [0.4, 0.5) is 4.79 Å². The number of amides is 3. The first-order chi connectivity index (χ1) is 19.7. The lowest BCUT2D eigenvalue weighted by molar-refractivity contribution is -0.139. The summed E-state index contributed by atoms with van der Waals surface area (Å²) in [5.41, 5.74) is 4.23. The lowest BCUT2D eigenvalue weighted by atomic mass is 9.95. The third-order valence-corrected chi connectivity index (χ3v) is 6.27. The van der Waals surface area contributed by atoms with E-state index in [0.29, 0.717) is 34.1 Å². The van der Waals surface area contributed by atoms with Gasteiger partial charge in [-0.25, -0.2) is 15.0 Å². The summed E-state index contributed by atoms with van der Waals surface area (Å²) >= 11 is 2.14. The fraction of sp³-hybridized carbons (Fsp3) is 0.286. The maximum atomic E-state index is 12.6. The summed E-state index contributed by atoms with van der Waals surface area (Å²) in [4.78, 5) is 37.2. The Balaban J connectivity index is 1.71. The monoisotopic (exact) mass is 678 g/mol. The van der Waals surface area contributed by atoms with Crippen LogP contribution in [0.3, 0.4) is 0 Å². The molecule has 3 amide bonds. The van der Waals surface area contributed by atoms with E-state index in [4.69, 9.17) is 23.7 Å². The molecule has 0 saturated heterocycles. The summed E-state index contributed by atoms with van der Waals surface area (Å²) in [5, 5.41) is 9.33. The smallest absolute Gasteiger partial charge is 0.338 e. The highest BCUT2D eigenvalue weighted by atomic mass is 127. The topological polar surface area (TPSA) is 146 Å². The molecule has 1 aliphatic heterocycles. The molecule has 1 atom stereocenters. The van der Waals surface area contributed by atoms with Gasteiger partial charge in [0, 0.05) is 14.8 Å². The number of hydrogen-bond acceptors (Lipinski definition) is 9. The average molecular weight is 678 g/mol. The van der Waals surface area contributed by atoms with Crippen LogP contribution in [0, 0.1) is 3.57 Å². The second-order valence-corrected chi connectivity index (χ2v) is 9.65. The van der Waals surface area contributed by atoms with Crippen molar-refractivity contribution < 1.29 is 38.1 Å². The zero-order valence-corrected chi connectivity index (χ0v) is 25.2. The number of methoxy groups -OCH3 is 2. The van der Waals surface area contributed by atoms with Crippen molar-refractivity contribution in [3.63, 3.8) is 0 Å². The maximum Gasteiger partial charge on any atom is 0.338 e. The van der Waals surface area contributed by atoms with E-state index in [-0.39, 0.29) is 31.1 Å². The molecule has 2 aromatic rings. The number of carbonyl (C=O) groups excluding carboxylic acids is 3. The third kappa shape index (κ3) is 8.13. The van der Waals surface area contributed by atoms with E-state index in [9.17, 15) is 14.4 Å². The molecule has 1 heterocycles. The summed E-state index contributed by atoms with van der Waals surface area (Å²) < 4.78 is 28.2. The van der Waals surface area contributed by atoms with Crippen molar-refractivity contribution in [2.75, 3.05) is 34.0 Å². The summed E-state index contributed by atoms with van der Waals surface area (Å²) in [5.74, 6) is 0.482. The largest absolute Gasteiger partial charge is 0.493 e. The van der Waals surface area contributed by atoms with Crippen LogP contribution in [0.2, 0.25) is 0 Å². The molecule has 12 nitrogen and oxygen atoms in total. The van der Waals surface area contributed by atoms with Crippen molar-refractivity contribution in [2.45, 2.75) is 19.9 Å². The van der Waals surface area contributed by atoms with Gasteiger partial charge in [0.2, 0.25) is 0 Å². The van der Waals surface area contributed by atoms with Crippen LogP contribution in [0.5, 0.6) is 23.0 Å². The minimum absolute atomic E-state index is 0.182. The van der Waals surface area contributed by atoms with Crippen molar-refractivity contribution in [2.24, 2.45) is 5.10 Å². The van der Waals surface area contributed by atoms with Gasteiger partial charge in [-0.15, -0.1) is 0 Å². The molecule has 13 heteroatoms. The molecule has 0 aliphatic carbocycles. The molecule has 0 bridgehead atoms. The van der Waals surface area contributed by atoms with E-state index in [1.165, 1.54) is 20.4 Å². The van der Waals surface area contributed by atoms with Crippen molar-refractivity contribution in [3.05, 3.63) is 69.0 Å². The molecule has 2 aromatic carbocycles. The Bertz CT molecular complexity index is 1380. The molecule has 0 fully saturated rings. The Morgan fingerprint density at radius 1 is 1.12 bits per heavy atom. The summed E-state index contributed by atoms with van der Waals surface area (Å²) in [6.07, 6.45) is 3.05. The minimum atomic E-state index is -0.775. The van der Waals surface area contributed by atoms with Crippen LogP contribution in [0.25, 0.3) is 0 Å². The highest BCUT2D eigenvalue weighted by molar-refractivity contribution is 14.1. The molecule has 3 N–H and O–H groups in total. The fourth-order valence-electron chi connectivity index (χ4n) is 3.89. The Morgan fingerprint density at radius 3 is 2.56 bits per heavy atom. The summed E-state index contributed by atoms with van der Waals surface area (Å²) in [7, 11) is 2.97. The lowest BCUT2D eigenvalue weighted by Crippen LogP contribution is -2.45. The van der Waals surface area contributed by atoms with Crippen LogP contribution in [-0.2, 0) is 14.3 Å². The number of halogens is 1. The number of carbonyl (C=O) groups is 3. The fourth-order valence-corrected chi connectivity index (χ4v) is 4.51. The van der Waals surface area contributed by atoms with E-state index in [1.54, 1.807) is 38.1 Å². The van der Waals surface area contributed by atoms with E-state index < -0.39 is 23.9 Å². The predicted octanol–water partition coefficient (Wildman–Crippen LogP) is 3.59. The SMILES string of the molecule is C=CCOc1c(/C=N/NC(=O)COc2ccc([C@@H]3NC(=O)NC(C)=C3C(=O)OCC)cc2OC)cc(I)cc1OC. The number of nitrogens with zero attached hydrogens (tertiary/aromatic N) is 1. The van der Waals surface area contributed by atoms with Crippen molar-refractivity contribution in [1.29, 1.82) is 0 Å². The molecule has 3 rings (SSSR count). The molecule has 1 aliphatic rings. The standard InChI is InChI=1S/C28H31IN4O8/c1-6-10-40-26-18(11-19(29)13-22(26)38-5)14-30-33-23(34)15-41-20-9-8-17(12-21(20)37-4)25-24(27(35)39-7-2)16(3)31-28(36)32-25/h6,8-9,11-14,25H,1,7,10,15H2,2-5H3,(H,33,34)(H2,31,32,36)/b30-14+/t25-/m0/s1. The van der Waals surface area contributed by atoms with Gasteiger partial charge in [-0.2, -0.15) is 5.10 Å². The number of ether oxygens (including phenoxy) is 5. The summed E-state index contributed by atoms with van der Waals surface area (Å²) in [6.45, 7) is 7.06. The zero-order chi connectivity index (χ0) is 29.9. The number of hydrogen-bond donors (Lipinski definition) is 3. The van der Waals surface area contributed by atoms with Crippen LogP contribution >= 0.6 is 22.6 Å². The van der Waals surface area contributed by atoms with Gasteiger partial charge >= 0.3 is 12.0 Å². The molecule has 0 spiro atoms.